The third-order valence-corrected chi connectivity index (χ3v) is 1.10. The van der Waals surface area contributed by atoms with E-state index in [9.17, 15) is 14.9 Å². The summed E-state index contributed by atoms with van der Waals surface area (Å²) in [4.78, 5) is 21.2. The smallest absolute Gasteiger partial charge is 0.250 e. The van der Waals surface area contributed by atoms with E-state index in [4.69, 9.17) is 0 Å². The van der Waals surface area contributed by atoms with Gasteiger partial charge in [-0.25, -0.2) is 0 Å². The highest BCUT2D eigenvalue weighted by Gasteiger charge is 2.02. The molecule has 0 heterocycles. The number of nitro groups is 1. The van der Waals surface area contributed by atoms with Gasteiger partial charge < -0.3 is 4.90 Å². The molecule has 0 aliphatic heterocycles. The molecule has 0 rings (SSSR count). The van der Waals surface area contributed by atoms with Gasteiger partial charge in [0.15, 0.2) is 0 Å². The standard InChI is InChI=1S/C7H10N2O3/c1-3-4-8(7(2)10)5-6-9(11)12/h3,5-6H,1,4H2,2H3/b6-5+. The van der Waals surface area contributed by atoms with Crippen LogP contribution in [0.3, 0.4) is 0 Å². The summed E-state index contributed by atoms with van der Waals surface area (Å²) >= 11 is 0. The summed E-state index contributed by atoms with van der Waals surface area (Å²) in [6.07, 6.45) is 3.32. The minimum Gasteiger partial charge on any atom is -0.309 e. The first-order valence-corrected chi connectivity index (χ1v) is 3.28. The first kappa shape index (κ1) is 10.3. The molecule has 0 N–H and O–H groups in total. The number of amides is 1. The lowest BCUT2D eigenvalue weighted by atomic mass is 10.5. The zero-order chi connectivity index (χ0) is 9.56. The molecule has 0 atom stereocenters. The lowest BCUT2D eigenvalue weighted by molar-refractivity contribution is -0.403. The molecule has 0 spiro atoms. The van der Waals surface area contributed by atoms with Crippen LogP contribution in [0.25, 0.3) is 0 Å². The Kier molecular flexibility index (Phi) is 4.36. The van der Waals surface area contributed by atoms with Crippen LogP contribution in [0, 0.1) is 10.1 Å². The third kappa shape index (κ3) is 4.21. The maximum Gasteiger partial charge on any atom is 0.250 e. The fraction of sp³-hybridized carbons (Fsp3) is 0.286. The molecule has 12 heavy (non-hydrogen) atoms. The van der Waals surface area contributed by atoms with Crippen LogP contribution in [0.2, 0.25) is 0 Å². The van der Waals surface area contributed by atoms with Crippen molar-refractivity contribution in [2.75, 3.05) is 6.54 Å². The Balaban J connectivity index is 4.21. The molecular formula is C7H10N2O3. The van der Waals surface area contributed by atoms with Crippen LogP contribution in [0.15, 0.2) is 25.1 Å². The van der Waals surface area contributed by atoms with E-state index in [-0.39, 0.29) is 12.5 Å². The highest BCUT2D eigenvalue weighted by atomic mass is 16.6. The fourth-order valence-electron chi connectivity index (χ4n) is 0.568. The van der Waals surface area contributed by atoms with Crippen LogP contribution >= 0.6 is 0 Å². The van der Waals surface area contributed by atoms with Crippen LogP contribution in [0.4, 0.5) is 0 Å². The quantitative estimate of drug-likeness (QED) is 0.355. The summed E-state index contributed by atoms with van der Waals surface area (Å²) in [7, 11) is 0. The maximum absolute atomic E-state index is 10.8. The molecule has 0 saturated carbocycles. The van der Waals surface area contributed by atoms with Gasteiger partial charge >= 0.3 is 0 Å². The average Bonchev–Trinajstić information content (AvgIpc) is 1.96. The van der Waals surface area contributed by atoms with Crippen LogP contribution in [0.5, 0.6) is 0 Å². The van der Waals surface area contributed by atoms with Crippen molar-refractivity contribution < 1.29 is 9.72 Å². The number of carbonyl (C=O) groups excluding carboxylic acids is 1. The Labute approximate surface area is 70.1 Å². The highest BCUT2D eigenvalue weighted by molar-refractivity contribution is 5.74. The Bertz CT molecular complexity index is 223. The molecule has 0 saturated heterocycles. The van der Waals surface area contributed by atoms with Crippen molar-refractivity contribution in [2.45, 2.75) is 6.92 Å². The first-order chi connectivity index (χ1) is 5.57. The van der Waals surface area contributed by atoms with Gasteiger partial charge in [0.05, 0.1) is 11.1 Å². The first-order valence-electron chi connectivity index (χ1n) is 3.28. The number of hydrogen-bond donors (Lipinski definition) is 0. The Morgan fingerprint density at radius 3 is 2.67 bits per heavy atom. The summed E-state index contributed by atoms with van der Waals surface area (Å²) < 4.78 is 0. The Morgan fingerprint density at radius 2 is 2.33 bits per heavy atom. The largest absolute Gasteiger partial charge is 0.309 e. The molecule has 0 aromatic carbocycles. The van der Waals surface area contributed by atoms with Crippen LogP contribution < -0.4 is 0 Å². The van der Waals surface area contributed by atoms with Crippen molar-refractivity contribution in [3.63, 3.8) is 0 Å². The van der Waals surface area contributed by atoms with Gasteiger partial charge in [-0.05, 0) is 0 Å². The normalized spacial score (nSPS) is 9.75. The SMILES string of the molecule is C=CCN(/C=C/[N+](=O)[O-])C(C)=O. The molecule has 0 unspecified atom stereocenters. The van der Waals surface area contributed by atoms with Crippen molar-refractivity contribution in [1.82, 2.24) is 4.90 Å². The molecule has 0 aromatic heterocycles. The van der Waals surface area contributed by atoms with Gasteiger partial charge in [-0.1, -0.05) is 6.08 Å². The van der Waals surface area contributed by atoms with Crippen molar-refractivity contribution in [3.8, 4) is 0 Å². The fourth-order valence-corrected chi connectivity index (χ4v) is 0.568. The lowest BCUT2D eigenvalue weighted by Gasteiger charge is -2.10. The Hall–Kier alpha value is -1.65. The molecule has 0 bridgehead atoms. The lowest BCUT2D eigenvalue weighted by Crippen LogP contribution is -2.22. The Morgan fingerprint density at radius 1 is 1.75 bits per heavy atom. The van der Waals surface area contributed by atoms with Gasteiger partial charge in [0.2, 0.25) is 5.91 Å². The zero-order valence-electron chi connectivity index (χ0n) is 6.77. The minimum absolute atomic E-state index is 0.256. The van der Waals surface area contributed by atoms with E-state index in [1.807, 2.05) is 0 Å². The second-order valence-electron chi connectivity index (χ2n) is 2.04. The minimum atomic E-state index is -0.626. The van der Waals surface area contributed by atoms with E-state index in [1.54, 1.807) is 0 Å². The van der Waals surface area contributed by atoms with E-state index in [2.05, 4.69) is 6.58 Å². The summed E-state index contributed by atoms with van der Waals surface area (Å²) in [5, 5.41) is 9.89. The molecule has 5 nitrogen and oxygen atoms in total. The van der Waals surface area contributed by atoms with Crippen LogP contribution in [-0.4, -0.2) is 22.3 Å². The topological polar surface area (TPSA) is 63.4 Å². The molecule has 0 radical (unpaired) electrons. The number of hydrogen-bond acceptors (Lipinski definition) is 3. The molecule has 5 heteroatoms. The molecule has 0 fully saturated rings. The van der Waals surface area contributed by atoms with Gasteiger partial charge in [0.25, 0.3) is 6.20 Å². The van der Waals surface area contributed by atoms with Crippen molar-refractivity contribution in [2.24, 2.45) is 0 Å². The third-order valence-electron chi connectivity index (χ3n) is 1.10. The number of rotatable bonds is 4. The molecule has 0 aliphatic carbocycles. The van der Waals surface area contributed by atoms with Gasteiger partial charge in [0, 0.05) is 13.5 Å². The van der Waals surface area contributed by atoms with Crippen LogP contribution in [0.1, 0.15) is 6.92 Å². The molecule has 1 amide bonds. The summed E-state index contributed by atoms with van der Waals surface area (Å²) in [5.74, 6) is -0.256. The van der Waals surface area contributed by atoms with Crippen LogP contribution in [-0.2, 0) is 4.79 Å². The predicted octanol–water partition coefficient (Wildman–Crippen LogP) is 0.769. The monoisotopic (exact) mass is 170 g/mol. The zero-order valence-corrected chi connectivity index (χ0v) is 6.77. The van der Waals surface area contributed by atoms with Gasteiger partial charge in [-0.15, -0.1) is 6.58 Å². The van der Waals surface area contributed by atoms with Gasteiger partial charge in [-0.3, -0.25) is 14.9 Å². The van der Waals surface area contributed by atoms with E-state index in [0.717, 1.165) is 6.20 Å². The molecule has 0 aliphatic rings. The molecule has 0 aromatic rings. The van der Waals surface area contributed by atoms with Crippen molar-refractivity contribution in [1.29, 1.82) is 0 Å². The molecular weight excluding hydrogens is 160 g/mol. The summed E-state index contributed by atoms with van der Waals surface area (Å²) in [6.45, 7) is 5.02. The maximum atomic E-state index is 10.8. The predicted molar refractivity (Wildman–Crippen MR) is 43.7 cm³/mol. The highest BCUT2D eigenvalue weighted by Crippen LogP contribution is 1.91. The van der Waals surface area contributed by atoms with E-state index < -0.39 is 4.92 Å². The van der Waals surface area contributed by atoms with Crippen molar-refractivity contribution in [3.05, 3.63) is 35.2 Å². The van der Waals surface area contributed by atoms with E-state index in [0.29, 0.717) is 6.20 Å². The second kappa shape index (κ2) is 5.06. The summed E-state index contributed by atoms with van der Waals surface area (Å²) in [6, 6.07) is 0. The second-order valence-corrected chi connectivity index (χ2v) is 2.04. The van der Waals surface area contributed by atoms with Gasteiger partial charge in [-0.2, -0.15) is 0 Å². The number of carbonyl (C=O) groups is 1. The average molecular weight is 170 g/mol. The molecule has 66 valence electrons. The number of nitrogens with zero attached hydrogens (tertiary/aromatic N) is 2. The van der Waals surface area contributed by atoms with E-state index in [1.165, 1.54) is 17.9 Å². The van der Waals surface area contributed by atoms with E-state index >= 15 is 0 Å². The van der Waals surface area contributed by atoms with Crippen molar-refractivity contribution >= 4 is 5.91 Å². The van der Waals surface area contributed by atoms with Gasteiger partial charge in [0.1, 0.15) is 0 Å². The summed E-state index contributed by atoms with van der Waals surface area (Å²) in [5.41, 5.74) is 0.